The first-order valence-corrected chi connectivity index (χ1v) is 7.76. The SMILES string of the molecule is c1ncn(CCOC2CCCC2)c1C1CCCNC1. The third-order valence-electron chi connectivity index (χ3n) is 4.45. The Hall–Kier alpha value is -0.870. The van der Waals surface area contributed by atoms with Crippen LogP contribution in [0.4, 0.5) is 0 Å². The van der Waals surface area contributed by atoms with Gasteiger partial charge in [0.2, 0.25) is 0 Å². The summed E-state index contributed by atoms with van der Waals surface area (Å²) in [4.78, 5) is 4.33. The molecule has 3 rings (SSSR count). The Morgan fingerprint density at radius 1 is 1.26 bits per heavy atom. The monoisotopic (exact) mass is 263 g/mol. The molecule has 1 aliphatic heterocycles. The van der Waals surface area contributed by atoms with Gasteiger partial charge in [0.15, 0.2) is 0 Å². The van der Waals surface area contributed by atoms with E-state index in [-0.39, 0.29) is 0 Å². The zero-order valence-corrected chi connectivity index (χ0v) is 11.7. The number of nitrogens with zero attached hydrogens (tertiary/aromatic N) is 2. The molecule has 1 atom stereocenters. The van der Waals surface area contributed by atoms with Gasteiger partial charge in [-0.3, -0.25) is 0 Å². The van der Waals surface area contributed by atoms with E-state index in [9.17, 15) is 0 Å². The topological polar surface area (TPSA) is 39.1 Å². The van der Waals surface area contributed by atoms with Crippen molar-refractivity contribution in [1.29, 1.82) is 0 Å². The van der Waals surface area contributed by atoms with Crippen LogP contribution in [-0.4, -0.2) is 35.4 Å². The fourth-order valence-corrected chi connectivity index (χ4v) is 3.33. The molecule has 1 N–H and O–H groups in total. The van der Waals surface area contributed by atoms with E-state index in [1.165, 1.54) is 44.2 Å². The average molecular weight is 263 g/mol. The Morgan fingerprint density at radius 3 is 2.95 bits per heavy atom. The van der Waals surface area contributed by atoms with Crippen LogP contribution in [0.2, 0.25) is 0 Å². The van der Waals surface area contributed by atoms with E-state index < -0.39 is 0 Å². The predicted octanol–water partition coefficient (Wildman–Crippen LogP) is 2.31. The molecule has 4 heteroatoms. The van der Waals surface area contributed by atoms with Crippen molar-refractivity contribution < 1.29 is 4.74 Å². The lowest BCUT2D eigenvalue weighted by atomic mass is 9.96. The molecule has 2 fully saturated rings. The van der Waals surface area contributed by atoms with Gasteiger partial charge in [-0.05, 0) is 32.2 Å². The maximum Gasteiger partial charge on any atom is 0.0949 e. The molecule has 0 radical (unpaired) electrons. The van der Waals surface area contributed by atoms with Gasteiger partial charge in [0, 0.05) is 30.9 Å². The highest BCUT2D eigenvalue weighted by molar-refractivity contribution is 5.08. The van der Waals surface area contributed by atoms with Gasteiger partial charge in [0.1, 0.15) is 0 Å². The molecule has 1 saturated carbocycles. The van der Waals surface area contributed by atoms with Gasteiger partial charge < -0.3 is 14.6 Å². The summed E-state index contributed by atoms with van der Waals surface area (Å²) < 4.78 is 8.24. The van der Waals surface area contributed by atoms with Gasteiger partial charge >= 0.3 is 0 Å². The molecule has 4 nitrogen and oxygen atoms in total. The highest BCUT2D eigenvalue weighted by Gasteiger charge is 2.19. The fourth-order valence-electron chi connectivity index (χ4n) is 3.33. The molecule has 2 aliphatic rings. The molecular weight excluding hydrogens is 238 g/mol. The first kappa shape index (κ1) is 13.1. The van der Waals surface area contributed by atoms with Crippen molar-refractivity contribution in [2.75, 3.05) is 19.7 Å². The Bertz CT molecular complexity index is 378. The lowest BCUT2D eigenvalue weighted by molar-refractivity contribution is 0.0525. The minimum absolute atomic E-state index is 0.517. The van der Waals surface area contributed by atoms with Gasteiger partial charge in [-0.25, -0.2) is 4.98 Å². The summed E-state index contributed by atoms with van der Waals surface area (Å²) in [5.41, 5.74) is 1.38. The van der Waals surface area contributed by atoms with E-state index >= 15 is 0 Å². The molecular formula is C15H25N3O. The Labute approximate surface area is 115 Å². The molecule has 2 heterocycles. The average Bonchev–Trinajstić information content (AvgIpc) is 3.11. The summed E-state index contributed by atoms with van der Waals surface area (Å²) in [6.07, 6.45) is 12.3. The zero-order chi connectivity index (χ0) is 12.9. The molecule has 1 aromatic rings. The number of hydrogen-bond acceptors (Lipinski definition) is 3. The van der Waals surface area contributed by atoms with Crippen LogP contribution in [0.1, 0.15) is 50.1 Å². The number of hydrogen-bond donors (Lipinski definition) is 1. The summed E-state index contributed by atoms with van der Waals surface area (Å²) >= 11 is 0. The summed E-state index contributed by atoms with van der Waals surface area (Å²) in [5.74, 6) is 0.628. The van der Waals surface area contributed by atoms with Crippen molar-refractivity contribution >= 4 is 0 Å². The van der Waals surface area contributed by atoms with Crippen LogP contribution in [0.3, 0.4) is 0 Å². The first-order chi connectivity index (χ1) is 9.43. The van der Waals surface area contributed by atoms with E-state index in [2.05, 4.69) is 14.9 Å². The Kier molecular flexibility index (Phi) is 4.51. The quantitative estimate of drug-likeness (QED) is 0.886. The molecule has 0 amide bonds. The van der Waals surface area contributed by atoms with Crippen LogP contribution in [-0.2, 0) is 11.3 Å². The summed E-state index contributed by atoms with van der Waals surface area (Å²) in [6.45, 7) is 4.03. The maximum absolute atomic E-state index is 5.95. The molecule has 1 aliphatic carbocycles. The fraction of sp³-hybridized carbons (Fsp3) is 0.800. The molecule has 1 aromatic heterocycles. The lowest BCUT2D eigenvalue weighted by Crippen LogP contribution is -2.29. The molecule has 1 unspecified atom stereocenters. The van der Waals surface area contributed by atoms with E-state index in [1.54, 1.807) is 0 Å². The van der Waals surface area contributed by atoms with Crippen LogP contribution in [0.15, 0.2) is 12.5 Å². The molecule has 106 valence electrons. The van der Waals surface area contributed by atoms with Gasteiger partial charge in [0.25, 0.3) is 0 Å². The molecule has 1 saturated heterocycles. The van der Waals surface area contributed by atoms with Crippen molar-refractivity contribution in [2.24, 2.45) is 0 Å². The molecule has 0 aromatic carbocycles. The van der Waals surface area contributed by atoms with Gasteiger partial charge in [-0.15, -0.1) is 0 Å². The van der Waals surface area contributed by atoms with Crippen LogP contribution in [0.5, 0.6) is 0 Å². The van der Waals surface area contributed by atoms with Crippen LogP contribution in [0, 0.1) is 0 Å². The van der Waals surface area contributed by atoms with E-state index in [0.29, 0.717) is 12.0 Å². The Morgan fingerprint density at radius 2 is 2.16 bits per heavy atom. The first-order valence-electron chi connectivity index (χ1n) is 7.76. The highest BCUT2D eigenvalue weighted by atomic mass is 16.5. The van der Waals surface area contributed by atoms with E-state index in [4.69, 9.17) is 4.74 Å². The van der Waals surface area contributed by atoms with Crippen LogP contribution >= 0.6 is 0 Å². The Balaban J connectivity index is 1.51. The van der Waals surface area contributed by atoms with Crippen molar-refractivity contribution in [3.8, 4) is 0 Å². The van der Waals surface area contributed by atoms with Crippen molar-refractivity contribution in [1.82, 2.24) is 14.9 Å². The van der Waals surface area contributed by atoms with Crippen molar-refractivity contribution in [3.63, 3.8) is 0 Å². The van der Waals surface area contributed by atoms with Crippen molar-refractivity contribution in [3.05, 3.63) is 18.2 Å². The van der Waals surface area contributed by atoms with Crippen LogP contribution in [0.25, 0.3) is 0 Å². The summed E-state index contributed by atoms with van der Waals surface area (Å²) in [5, 5.41) is 3.48. The third kappa shape index (κ3) is 3.37. The molecule has 0 spiro atoms. The summed E-state index contributed by atoms with van der Waals surface area (Å²) in [6, 6.07) is 0. The van der Waals surface area contributed by atoms with E-state index in [1.807, 2.05) is 12.5 Å². The number of piperidine rings is 1. The maximum atomic E-state index is 5.95. The number of ether oxygens (including phenoxy) is 1. The molecule has 0 bridgehead atoms. The number of nitrogens with one attached hydrogen (secondary N) is 1. The second-order valence-electron chi connectivity index (χ2n) is 5.83. The summed E-state index contributed by atoms with van der Waals surface area (Å²) in [7, 11) is 0. The minimum atomic E-state index is 0.517. The third-order valence-corrected chi connectivity index (χ3v) is 4.45. The van der Waals surface area contributed by atoms with Crippen LogP contribution < -0.4 is 5.32 Å². The normalized spacial score (nSPS) is 24.9. The number of imidazole rings is 1. The number of aromatic nitrogens is 2. The smallest absolute Gasteiger partial charge is 0.0949 e. The predicted molar refractivity (Wildman–Crippen MR) is 75.3 cm³/mol. The minimum Gasteiger partial charge on any atom is -0.376 e. The van der Waals surface area contributed by atoms with Gasteiger partial charge in [-0.2, -0.15) is 0 Å². The molecule has 19 heavy (non-hydrogen) atoms. The van der Waals surface area contributed by atoms with E-state index in [0.717, 1.165) is 26.2 Å². The van der Waals surface area contributed by atoms with Gasteiger partial charge in [0.05, 0.1) is 19.0 Å². The highest BCUT2D eigenvalue weighted by Crippen LogP contribution is 2.23. The second-order valence-corrected chi connectivity index (χ2v) is 5.83. The van der Waals surface area contributed by atoms with Crippen molar-refractivity contribution in [2.45, 2.75) is 57.1 Å². The zero-order valence-electron chi connectivity index (χ0n) is 11.7. The second kappa shape index (κ2) is 6.53. The lowest BCUT2D eigenvalue weighted by Gasteiger charge is -2.24. The van der Waals surface area contributed by atoms with Gasteiger partial charge in [-0.1, -0.05) is 12.8 Å². The number of rotatable bonds is 5. The standard InChI is InChI=1S/C15H25N3O/c1-2-6-14(5-1)19-9-8-18-12-17-11-15(18)13-4-3-7-16-10-13/h11-14,16H,1-10H2. The largest absolute Gasteiger partial charge is 0.376 e.